The molecule has 0 bridgehead atoms. The number of ketones is 2. The zero-order valence-corrected chi connectivity index (χ0v) is 15.7. The topological polar surface area (TPSA) is 80.3 Å². The van der Waals surface area contributed by atoms with Crippen LogP contribution < -0.4 is 10.2 Å². The van der Waals surface area contributed by atoms with Crippen LogP contribution in [0.4, 0.5) is 52.7 Å². The van der Waals surface area contributed by atoms with Gasteiger partial charge in [0.25, 0.3) is 11.6 Å². The molecule has 0 saturated carbocycles. The Hall–Kier alpha value is -1.50. The SMILES string of the molecule is O=C(/C=C(\[O-])C(F)(F)F)C(F)(F)F.O=C(/C=C(\[O-])C(F)(F)F)C(F)(F)F.[Pb+2]. The first-order chi connectivity index (χ1) is 11.1. The normalized spacial score (nSPS) is 13.9. The van der Waals surface area contributed by atoms with Gasteiger partial charge in [0.05, 0.1) is 0 Å². The fourth-order valence-corrected chi connectivity index (χ4v) is 0.565. The molecule has 4 nitrogen and oxygen atoms in total. The Labute approximate surface area is 160 Å². The van der Waals surface area contributed by atoms with Crippen molar-refractivity contribution in [3.63, 3.8) is 0 Å². The smallest absolute Gasteiger partial charge is 0.869 e. The fraction of sp³-hybridized carbons (Fsp3) is 0.400. The van der Waals surface area contributed by atoms with Crippen molar-refractivity contribution in [1.82, 2.24) is 0 Å². The summed E-state index contributed by atoms with van der Waals surface area (Å²) in [7, 11) is 0. The molecule has 0 spiro atoms. The Morgan fingerprint density at radius 3 is 0.815 bits per heavy atom. The summed E-state index contributed by atoms with van der Waals surface area (Å²) in [4.78, 5) is 19.6. The molecule has 0 aliphatic rings. The molecular weight excluding hydrogens is 619 g/mol. The Kier molecular flexibility index (Phi) is 11.4. The van der Waals surface area contributed by atoms with E-state index >= 15 is 0 Å². The van der Waals surface area contributed by atoms with Crippen LogP contribution >= 0.6 is 0 Å². The molecular formula is C10H2F12O4Pb. The number of carbonyl (C=O) groups is 2. The molecule has 0 amide bonds. The van der Waals surface area contributed by atoms with Crippen LogP contribution in [0.15, 0.2) is 23.7 Å². The Morgan fingerprint density at radius 1 is 0.519 bits per heavy atom. The molecule has 0 fully saturated rings. The summed E-state index contributed by atoms with van der Waals surface area (Å²) >= 11 is 0. The van der Waals surface area contributed by atoms with Gasteiger partial charge < -0.3 is 10.2 Å². The predicted octanol–water partition coefficient (Wildman–Crippen LogP) is 1.47. The standard InChI is InChI=1S/2C5H2F6O2.Pb/c2*6-4(7,8)2(12)1-3(13)5(9,10)11;/h2*1,12H;/q;;+2/p-2/b2*2-1-;. The molecule has 0 rings (SSSR count). The Morgan fingerprint density at radius 2 is 0.704 bits per heavy atom. The van der Waals surface area contributed by atoms with E-state index in [2.05, 4.69) is 0 Å². The van der Waals surface area contributed by atoms with E-state index in [-0.39, 0.29) is 27.3 Å². The minimum atomic E-state index is -5.46. The molecule has 0 aliphatic carbocycles. The monoisotopic (exact) mass is 622 g/mol. The van der Waals surface area contributed by atoms with Gasteiger partial charge in [-0.25, -0.2) is 0 Å². The summed E-state index contributed by atoms with van der Waals surface area (Å²) in [6, 6.07) is 0. The van der Waals surface area contributed by atoms with Crippen molar-refractivity contribution in [3.8, 4) is 0 Å². The second kappa shape index (κ2) is 10.2. The van der Waals surface area contributed by atoms with Crippen molar-refractivity contribution >= 4 is 38.9 Å². The number of allylic oxidation sites excluding steroid dienone is 4. The van der Waals surface area contributed by atoms with Crippen LogP contribution in [0.1, 0.15) is 0 Å². The van der Waals surface area contributed by atoms with Crippen molar-refractivity contribution < 1.29 is 72.5 Å². The minimum absolute atomic E-state index is 0. The van der Waals surface area contributed by atoms with Crippen LogP contribution in [0.2, 0.25) is 0 Å². The van der Waals surface area contributed by atoms with E-state index < -0.39 is 59.9 Å². The third-order valence-electron chi connectivity index (χ3n) is 1.64. The van der Waals surface area contributed by atoms with E-state index in [4.69, 9.17) is 0 Å². The molecule has 0 heterocycles. The van der Waals surface area contributed by atoms with Crippen LogP contribution in [0.25, 0.3) is 0 Å². The van der Waals surface area contributed by atoms with E-state index in [0.717, 1.165) is 0 Å². The van der Waals surface area contributed by atoms with Crippen molar-refractivity contribution in [3.05, 3.63) is 23.7 Å². The first-order valence-electron chi connectivity index (χ1n) is 5.24. The molecule has 2 radical (unpaired) electrons. The molecule has 0 saturated heterocycles. The third kappa shape index (κ3) is 13.3. The summed E-state index contributed by atoms with van der Waals surface area (Å²) in [5, 5.41) is 19.6. The van der Waals surface area contributed by atoms with Gasteiger partial charge in [0.1, 0.15) is 0 Å². The molecule has 0 N–H and O–H groups in total. The maximum Gasteiger partial charge on any atom is 2.00 e. The van der Waals surface area contributed by atoms with Gasteiger partial charge in [0, 0.05) is 0 Å². The van der Waals surface area contributed by atoms with Crippen LogP contribution in [-0.4, -0.2) is 63.6 Å². The van der Waals surface area contributed by atoms with Gasteiger partial charge in [-0.3, -0.25) is 9.59 Å². The summed E-state index contributed by atoms with van der Waals surface area (Å²) in [5.41, 5.74) is 0. The molecule has 27 heavy (non-hydrogen) atoms. The first-order valence-corrected chi connectivity index (χ1v) is 5.24. The number of hydrogen-bond donors (Lipinski definition) is 0. The van der Waals surface area contributed by atoms with E-state index in [0.29, 0.717) is 0 Å². The molecule has 154 valence electrons. The summed E-state index contributed by atoms with van der Waals surface area (Å²) in [5.74, 6) is -11.3. The van der Waals surface area contributed by atoms with Crippen molar-refractivity contribution in [1.29, 1.82) is 0 Å². The molecule has 0 aromatic rings. The van der Waals surface area contributed by atoms with Gasteiger partial charge in [-0.2, -0.15) is 52.7 Å². The summed E-state index contributed by atoms with van der Waals surface area (Å²) < 4.78 is 136. The largest absolute Gasteiger partial charge is 2.00 e. The predicted molar refractivity (Wildman–Crippen MR) is 56.2 cm³/mol. The van der Waals surface area contributed by atoms with Crippen LogP contribution in [0, 0.1) is 0 Å². The van der Waals surface area contributed by atoms with E-state index in [1.807, 2.05) is 0 Å². The second-order valence-corrected chi connectivity index (χ2v) is 3.74. The Balaban J connectivity index is -0.000000411. The van der Waals surface area contributed by atoms with Crippen LogP contribution in [0.5, 0.6) is 0 Å². The van der Waals surface area contributed by atoms with Crippen molar-refractivity contribution in [2.24, 2.45) is 0 Å². The van der Waals surface area contributed by atoms with Crippen molar-refractivity contribution in [2.45, 2.75) is 24.7 Å². The Bertz CT molecular complexity index is 527. The molecule has 0 aromatic carbocycles. The number of halogens is 12. The van der Waals surface area contributed by atoms with E-state index in [1.54, 1.807) is 0 Å². The molecule has 17 heteroatoms. The quantitative estimate of drug-likeness (QED) is 0.203. The van der Waals surface area contributed by atoms with Gasteiger partial charge in [0.2, 0.25) is 0 Å². The average Bonchev–Trinajstić information content (AvgIpc) is 2.34. The summed E-state index contributed by atoms with van der Waals surface area (Å²) in [6.45, 7) is 0. The number of alkyl halides is 12. The zero-order valence-electron chi connectivity index (χ0n) is 11.8. The second-order valence-electron chi connectivity index (χ2n) is 3.74. The summed E-state index contributed by atoms with van der Waals surface area (Å²) in [6.07, 6.45) is -23.9. The molecule has 0 atom stereocenters. The van der Waals surface area contributed by atoms with Crippen LogP contribution in [0.3, 0.4) is 0 Å². The molecule has 0 unspecified atom stereocenters. The van der Waals surface area contributed by atoms with Gasteiger partial charge in [-0.05, 0) is 23.7 Å². The number of hydrogen-bond acceptors (Lipinski definition) is 4. The maximum absolute atomic E-state index is 11.3. The molecule has 0 aromatic heterocycles. The molecule has 0 aliphatic heterocycles. The minimum Gasteiger partial charge on any atom is -0.869 e. The maximum atomic E-state index is 11.3. The fourth-order valence-electron chi connectivity index (χ4n) is 0.565. The van der Waals surface area contributed by atoms with E-state index in [9.17, 15) is 72.5 Å². The van der Waals surface area contributed by atoms with Crippen LogP contribution in [-0.2, 0) is 9.59 Å². The third-order valence-corrected chi connectivity index (χ3v) is 1.64. The first kappa shape index (κ1) is 30.2. The number of rotatable bonds is 2. The van der Waals surface area contributed by atoms with Gasteiger partial charge in [0.15, 0.2) is 0 Å². The van der Waals surface area contributed by atoms with E-state index in [1.165, 1.54) is 0 Å². The zero-order chi connectivity index (χ0) is 21.7. The average molecular weight is 621 g/mol. The van der Waals surface area contributed by atoms with Crippen molar-refractivity contribution in [2.75, 3.05) is 0 Å². The van der Waals surface area contributed by atoms with Gasteiger partial charge in [-0.1, -0.05) is 0 Å². The van der Waals surface area contributed by atoms with Gasteiger partial charge >= 0.3 is 52.0 Å². The number of carbonyl (C=O) groups excluding carboxylic acids is 2. The van der Waals surface area contributed by atoms with Gasteiger partial charge in [-0.15, -0.1) is 0 Å².